The molecular formula is C12H10Br2F6N4O5. The average molecular weight is 564 g/mol. The van der Waals surface area contributed by atoms with E-state index in [9.17, 15) is 31.1 Å². The number of carbonyl (C=O) groups is 3. The second-order valence-corrected chi connectivity index (χ2v) is 6.61. The molecular weight excluding hydrogens is 554 g/mol. The third-order valence-corrected chi connectivity index (χ3v) is 3.59. The third-order valence-electron chi connectivity index (χ3n) is 2.66. The maximum absolute atomic E-state index is 11.6. The number of aromatic nitrogens is 2. The van der Waals surface area contributed by atoms with Crippen LogP contribution >= 0.6 is 31.9 Å². The minimum absolute atomic E-state index is 0.208. The third kappa shape index (κ3) is 10.4. The Morgan fingerprint density at radius 2 is 1.41 bits per heavy atom. The lowest BCUT2D eigenvalue weighted by Gasteiger charge is -2.09. The summed E-state index contributed by atoms with van der Waals surface area (Å²) in [6.07, 6.45) is -7.21. The molecule has 1 saturated carbocycles. The van der Waals surface area contributed by atoms with E-state index in [1.165, 1.54) is 6.20 Å². The molecule has 1 fully saturated rings. The van der Waals surface area contributed by atoms with Crippen molar-refractivity contribution in [2.75, 3.05) is 5.32 Å². The highest BCUT2D eigenvalue weighted by Crippen LogP contribution is 2.33. The summed E-state index contributed by atoms with van der Waals surface area (Å²) in [5.41, 5.74) is 5.03. The van der Waals surface area contributed by atoms with Crippen molar-refractivity contribution in [2.24, 2.45) is 5.73 Å². The van der Waals surface area contributed by atoms with Gasteiger partial charge in [-0.15, -0.1) is 0 Å². The highest BCUT2D eigenvalue weighted by molar-refractivity contribution is 9.11. The predicted molar refractivity (Wildman–Crippen MR) is 89.6 cm³/mol. The smallest absolute Gasteiger partial charge is 0.475 e. The summed E-state index contributed by atoms with van der Waals surface area (Å²) in [5.74, 6) is -5.33. The second kappa shape index (κ2) is 10.1. The number of nitrogens with two attached hydrogens (primary N) is 1. The Balaban J connectivity index is 0.000000473. The Kier molecular flexibility index (Phi) is 9.45. The number of anilines is 1. The molecule has 0 saturated heterocycles. The SMILES string of the molecule is NC1(C(=O)Nc2ncc(Br)nc2Br)CC1.O=C(O)C(F)(F)F.O=C(O)C(F)(F)F. The van der Waals surface area contributed by atoms with Crippen LogP contribution in [0.15, 0.2) is 15.4 Å². The quantitative estimate of drug-likeness (QED) is 0.400. The van der Waals surface area contributed by atoms with Crippen LogP contribution in [0.4, 0.5) is 32.2 Å². The number of hydrogen-bond donors (Lipinski definition) is 4. The number of carboxylic acids is 2. The van der Waals surface area contributed by atoms with Crippen molar-refractivity contribution in [3.8, 4) is 0 Å². The fraction of sp³-hybridized carbons (Fsp3) is 0.417. The normalized spacial score (nSPS) is 14.4. The van der Waals surface area contributed by atoms with E-state index in [0.29, 0.717) is 15.0 Å². The first-order valence-corrected chi connectivity index (χ1v) is 8.37. The molecule has 9 nitrogen and oxygen atoms in total. The van der Waals surface area contributed by atoms with Gasteiger partial charge in [0.15, 0.2) is 5.82 Å². The molecule has 164 valence electrons. The molecule has 0 spiro atoms. The minimum atomic E-state index is -5.08. The van der Waals surface area contributed by atoms with Crippen molar-refractivity contribution < 1.29 is 50.9 Å². The topological polar surface area (TPSA) is 156 Å². The zero-order valence-electron chi connectivity index (χ0n) is 13.6. The van der Waals surface area contributed by atoms with Crippen LogP contribution < -0.4 is 11.1 Å². The Morgan fingerprint density at radius 1 is 1.03 bits per heavy atom. The minimum Gasteiger partial charge on any atom is -0.475 e. The molecule has 1 aromatic heterocycles. The van der Waals surface area contributed by atoms with Crippen molar-refractivity contribution in [3.63, 3.8) is 0 Å². The summed E-state index contributed by atoms with van der Waals surface area (Å²) in [5, 5.41) is 16.9. The number of aliphatic carboxylic acids is 2. The van der Waals surface area contributed by atoms with Crippen molar-refractivity contribution in [1.82, 2.24) is 9.97 Å². The molecule has 0 atom stereocenters. The van der Waals surface area contributed by atoms with Gasteiger partial charge in [0.1, 0.15) is 9.21 Å². The van der Waals surface area contributed by atoms with E-state index in [1.54, 1.807) is 0 Å². The summed E-state index contributed by atoms with van der Waals surface area (Å²) in [6, 6.07) is 0. The molecule has 0 aliphatic heterocycles. The van der Waals surface area contributed by atoms with Gasteiger partial charge in [-0.1, -0.05) is 0 Å². The predicted octanol–water partition coefficient (Wildman–Crippen LogP) is 2.70. The van der Waals surface area contributed by atoms with Gasteiger partial charge in [0.05, 0.1) is 11.7 Å². The highest BCUT2D eigenvalue weighted by atomic mass is 79.9. The monoisotopic (exact) mass is 562 g/mol. The Labute approximate surface area is 173 Å². The molecule has 0 bridgehead atoms. The fourth-order valence-electron chi connectivity index (χ4n) is 1.02. The van der Waals surface area contributed by atoms with Crippen LogP contribution in [0.3, 0.4) is 0 Å². The van der Waals surface area contributed by atoms with Crippen molar-refractivity contribution in [1.29, 1.82) is 0 Å². The number of nitrogens with one attached hydrogen (secondary N) is 1. The molecule has 17 heteroatoms. The van der Waals surface area contributed by atoms with Crippen LogP contribution in [0.1, 0.15) is 12.8 Å². The van der Waals surface area contributed by atoms with Crippen molar-refractivity contribution >= 4 is 55.5 Å². The molecule has 2 rings (SSSR count). The molecule has 1 heterocycles. The van der Waals surface area contributed by atoms with E-state index < -0.39 is 29.8 Å². The second-order valence-electron chi connectivity index (χ2n) is 5.05. The lowest BCUT2D eigenvalue weighted by atomic mass is 10.3. The number of rotatable bonds is 2. The molecule has 0 radical (unpaired) electrons. The maximum Gasteiger partial charge on any atom is 0.490 e. The van der Waals surface area contributed by atoms with Gasteiger partial charge >= 0.3 is 24.3 Å². The van der Waals surface area contributed by atoms with Gasteiger partial charge in [0, 0.05) is 0 Å². The molecule has 1 aliphatic carbocycles. The Bertz CT molecular complexity index is 746. The van der Waals surface area contributed by atoms with Crippen LogP contribution in [-0.4, -0.2) is 55.9 Å². The Hall–Kier alpha value is -2.01. The molecule has 0 unspecified atom stereocenters. The van der Waals surface area contributed by atoms with Gasteiger partial charge in [-0.3, -0.25) is 4.79 Å². The molecule has 5 N–H and O–H groups in total. The summed E-state index contributed by atoms with van der Waals surface area (Å²) >= 11 is 6.38. The summed E-state index contributed by atoms with van der Waals surface area (Å²) in [4.78, 5) is 37.4. The number of carboxylic acid groups (broad SMARTS) is 2. The number of nitrogens with zero attached hydrogens (tertiary/aromatic N) is 2. The van der Waals surface area contributed by atoms with E-state index in [-0.39, 0.29) is 5.91 Å². The van der Waals surface area contributed by atoms with Crippen LogP contribution in [0, 0.1) is 0 Å². The number of carbonyl (C=O) groups excluding carboxylic acids is 1. The van der Waals surface area contributed by atoms with E-state index in [0.717, 1.165) is 12.8 Å². The van der Waals surface area contributed by atoms with Gasteiger partial charge in [-0.25, -0.2) is 19.6 Å². The fourth-order valence-corrected chi connectivity index (χ4v) is 1.93. The average Bonchev–Trinajstić information content (AvgIpc) is 3.28. The molecule has 0 aromatic carbocycles. The lowest BCUT2D eigenvalue weighted by Crippen LogP contribution is -2.38. The molecule has 1 aliphatic rings. The van der Waals surface area contributed by atoms with Crippen LogP contribution in [0.2, 0.25) is 0 Å². The van der Waals surface area contributed by atoms with Crippen LogP contribution in [-0.2, 0) is 14.4 Å². The summed E-state index contributed by atoms with van der Waals surface area (Å²) < 4.78 is 64.6. The zero-order valence-corrected chi connectivity index (χ0v) is 16.8. The lowest BCUT2D eigenvalue weighted by molar-refractivity contribution is -0.193. The van der Waals surface area contributed by atoms with Gasteiger partial charge in [0.2, 0.25) is 5.91 Å². The van der Waals surface area contributed by atoms with E-state index in [2.05, 4.69) is 47.1 Å². The van der Waals surface area contributed by atoms with Gasteiger partial charge in [-0.2, -0.15) is 26.3 Å². The van der Waals surface area contributed by atoms with E-state index >= 15 is 0 Å². The number of hydrogen-bond acceptors (Lipinski definition) is 6. The number of amides is 1. The first-order chi connectivity index (χ1) is 12.9. The highest BCUT2D eigenvalue weighted by Gasteiger charge is 2.46. The van der Waals surface area contributed by atoms with Crippen molar-refractivity contribution in [2.45, 2.75) is 30.7 Å². The van der Waals surface area contributed by atoms with E-state index in [1.807, 2.05) is 0 Å². The zero-order chi connectivity index (χ0) is 23.2. The first kappa shape index (κ1) is 27.0. The van der Waals surface area contributed by atoms with Gasteiger partial charge in [-0.05, 0) is 44.7 Å². The molecule has 1 amide bonds. The first-order valence-electron chi connectivity index (χ1n) is 6.78. The summed E-state index contributed by atoms with van der Waals surface area (Å²) in [7, 11) is 0. The van der Waals surface area contributed by atoms with Crippen LogP contribution in [0.25, 0.3) is 0 Å². The van der Waals surface area contributed by atoms with Crippen LogP contribution in [0.5, 0.6) is 0 Å². The maximum atomic E-state index is 11.6. The molecule has 29 heavy (non-hydrogen) atoms. The Morgan fingerprint density at radius 3 is 1.69 bits per heavy atom. The van der Waals surface area contributed by atoms with Gasteiger partial charge < -0.3 is 21.3 Å². The van der Waals surface area contributed by atoms with Crippen molar-refractivity contribution in [3.05, 3.63) is 15.4 Å². The van der Waals surface area contributed by atoms with Gasteiger partial charge in [0.25, 0.3) is 0 Å². The molecule has 1 aromatic rings. The number of halogens is 8. The standard InChI is InChI=1S/C8H8Br2N4O.2C2HF3O2/c9-4-3-12-6(5(10)13-4)14-7(15)8(11)1-2-8;2*3-2(4,5)1(6)7/h3H,1-2,11H2,(H,12,14,15);2*(H,6,7). The number of alkyl halides is 6. The largest absolute Gasteiger partial charge is 0.490 e. The van der Waals surface area contributed by atoms with E-state index in [4.69, 9.17) is 25.5 Å². The summed E-state index contributed by atoms with van der Waals surface area (Å²) in [6.45, 7) is 0.